The number of benzene rings is 1. The van der Waals surface area contributed by atoms with Crippen LogP contribution in [0.25, 0.3) is 11.3 Å². The van der Waals surface area contributed by atoms with Gasteiger partial charge in [0.15, 0.2) is 0 Å². The quantitative estimate of drug-likeness (QED) is 0.898. The Morgan fingerprint density at radius 1 is 1.35 bits per heavy atom. The Morgan fingerprint density at radius 2 is 2.12 bits per heavy atom. The van der Waals surface area contributed by atoms with E-state index in [-0.39, 0.29) is 6.61 Å². The standard InChI is InChI=1S/C11H9BrCl2N2O/c12-11-10(15-9(16-11)3-4-17)7-2-1-6(13)5-8(7)14/h1-2,5,17H,3-4H2,(H,15,16). The van der Waals surface area contributed by atoms with Gasteiger partial charge in [0.05, 0.1) is 11.6 Å². The zero-order valence-corrected chi connectivity index (χ0v) is 11.8. The molecule has 0 bridgehead atoms. The van der Waals surface area contributed by atoms with Crippen LogP contribution in [0.15, 0.2) is 22.8 Å². The highest BCUT2D eigenvalue weighted by molar-refractivity contribution is 9.10. The molecule has 2 rings (SSSR count). The normalized spacial score (nSPS) is 10.8. The fourth-order valence-corrected chi connectivity index (χ4v) is 2.51. The molecule has 0 fully saturated rings. The topological polar surface area (TPSA) is 48.9 Å². The van der Waals surface area contributed by atoms with Crippen LogP contribution in [0.3, 0.4) is 0 Å². The third-order valence-corrected chi connectivity index (χ3v) is 3.37. The van der Waals surface area contributed by atoms with Crippen molar-refractivity contribution in [3.63, 3.8) is 0 Å². The minimum Gasteiger partial charge on any atom is -0.396 e. The molecule has 0 saturated heterocycles. The second kappa shape index (κ2) is 5.40. The molecule has 0 aliphatic rings. The summed E-state index contributed by atoms with van der Waals surface area (Å²) in [5.41, 5.74) is 1.51. The SMILES string of the molecule is OCCc1nc(-c2ccc(Cl)cc2Cl)c(Br)[nH]1. The van der Waals surface area contributed by atoms with Crippen molar-refractivity contribution in [3.8, 4) is 11.3 Å². The average molecular weight is 336 g/mol. The van der Waals surface area contributed by atoms with Crippen molar-refractivity contribution in [2.45, 2.75) is 6.42 Å². The molecule has 1 aromatic heterocycles. The molecule has 0 aliphatic carbocycles. The van der Waals surface area contributed by atoms with Crippen molar-refractivity contribution >= 4 is 39.1 Å². The van der Waals surface area contributed by atoms with E-state index in [0.29, 0.717) is 22.3 Å². The second-order valence-electron chi connectivity index (χ2n) is 3.44. The predicted octanol–water partition coefficient (Wildman–Crippen LogP) is 3.68. The zero-order chi connectivity index (χ0) is 12.4. The Bertz CT molecular complexity index is 542. The molecule has 0 radical (unpaired) electrons. The van der Waals surface area contributed by atoms with E-state index < -0.39 is 0 Å². The first-order chi connectivity index (χ1) is 8.11. The molecule has 0 atom stereocenters. The molecule has 2 aromatic rings. The van der Waals surface area contributed by atoms with Crippen LogP contribution in [-0.2, 0) is 6.42 Å². The van der Waals surface area contributed by atoms with Crippen LogP contribution in [0.1, 0.15) is 5.82 Å². The molecule has 1 heterocycles. The van der Waals surface area contributed by atoms with Gasteiger partial charge in [-0.3, -0.25) is 0 Å². The summed E-state index contributed by atoms with van der Waals surface area (Å²) in [6.45, 7) is 0.0493. The lowest BCUT2D eigenvalue weighted by atomic mass is 10.2. The van der Waals surface area contributed by atoms with Crippen LogP contribution in [0, 0.1) is 0 Å². The molecule has 17 heavy (non-hydrogen) atoms. The van der Waals surface area contributed by atoms with Gasteiger partial charge in [0.2, 0.25) is 0 Å². The first-order valence-corrected chi connectivity index (χ1v) is 6.47. The summed E-state index contributed by atoms with van der Waals surface area (Å²) in [6.07, 6.45) is 0.476. The summed E-state index contributed by atoms with van der Waals surface area (Å²) in [6, 6.07) is 5.25. The number of H-pyrrole nitrogens is 1. The molecular formula is C11H9BrCl2N2O. The highest BCUT2D eigenvalue weighted by atomic mass is 79.9. The van der Waals surface area contributed by atoms with E-state index in [9.17, 15) is 0 Å². The maximum atomic E-state index is 8.86. The molecule has 1 aromatic carbocycles. The monoisotopic (exact) mass is 334 g/mol. The first-order valence-electron chi connectivity index (χ1n) is 4.92. The molecule has 3 nitrogen and oxygen atoms in total. The highest BCUT2D eigenvalue weighted by Gasteiger charge is 2.13. The third-order valence-electron chi connectivity index (χ3n) is 2.24. The Balaban J connectivity index is 2.45. The minimum absolute atomic E-state index is 0.0493. The summed E-state index contributed by atoms with van der Waals surface area (Å²) >= 11 is 15.3. The third kappa shape index (κ3) is 2.83. The molecule has 2 N–H and O–H groups in total. The Morgan fingerprint density at radius 3 is 2.76 bits per heavy atom. The van der Waals surface area contributed by atoms with Gasteiger partial charge in [0.25, 0.3) is 0 Å². The van der Waals surface area contributed by atoms with Crippen LogP contribution in [0.4, 0.5) is 0 Å². The van der Waals surface area contributed by atoms with E-state index in [2.05, 4.69) is 25.9 Å². The number of nitrogens with one attached hydrogen (secondary N) is 1. The summed E-state index contributed by atoms with van der Waals surface area (Å²) < 4.78 is 0.741. The molecule has 0 aliphatic heterocycles. The van der Waals surface area contributed by atoms with Crippen LogP contribution in [-0.4, -0.2) is 21.7 Å². The fraction of sp³-hybridized carbons (Fsp3) is 0.182. The van der Waals surface area contributed by atoms with Gasteiger partial charge in [-0.25, -0.2) is 4.98 Å². The van der Waals surface area contributed by atoms with Crippen molar-refractivity contribution in [1.29, 1.82) is 0 Å². The second-order valence-corrected chi connectivity index (χ2v) is 5.08. The van der Waals surface area contributed by atoms with E-state index in [4.69, 9.17) is 28.3 Å². The number of nitrogens with zero attached hydrogens (tertiary/aromatic N) is 1. The van der Waals surface area contributed by atoms with Gasteiger partial charge in [-0.2, -0.15) is 0 Å². The van der Waals surface area contributed by atoms with Crippen LogP contribution in [0.5, 0.6) is 0 Å². The molecule has 0 saturated carbocycles. The smallest absolute Gasteiger partial charge is 0.110 e. The first kappa shape index (κ1) is 12.9. The van der Waals surface area contributed by atoms with Crippen molar-refractivity contribution < 1.29 is 5.11 Å². The Kier molecular flexibility index (Phi) is 4.09. The molecule has 6 heteroatoms. The minimum atomic E-state index is 0.0493. The van der Waals surface area contributed by atoms with Gasteiger partial charge in [0.1, 0.15) is 16.1 Å². The van der Waals surface area contributed by atoms with Crippen molar-refractivity contribution in [1.82, 2.24) is 9.97 Å². The number of aromatic amines is 1. The number of aliphatic hydroxyl groups excluding tert-OH is 1. The largest absolute Gasteiger partial charge is 0.396 e. The predicted molar refractivity (Wildman–Crippen MR) is 72.5 cm³/mol. The number of imidazole rings is 1. The van der Waals surface area contributed by atoms with Crippen molar-refractivity contribution in [3.05, 3.63) is 38.7 Å². The molecule has 0 amide bonds. The van der Waals surface area contributed by atoms with E-state index >= 15 is 0 Å². The Labute approximate surface area is 117 Å². The van der Waals surface area contributed by atoms with E-state index in [0.717, 1.165) is 15.9 Å². The average Bonchev–Trinajstić information content (AvgIpc) is 2.60. The number of hydrogen-bond donors (Lipinski definition) is 2. The maximum absolute atomic E-state index is 8.86. The van der Waals surface area contributed by atoms with Crippen LogP contribution < -0.4 is 0 Å². The van der Waals surface area contributed by atoms with Gasteiger partial charge < -0.3 is 10.1 Å². The van der Waals surface area contributed by atoms with Gasteiger partial charge in [0, 0.05) is 17.0 Å². The van der Waals surface area contributed by atoms with Crippen LogP contribution in [0.2, 0.25) is 10.0 Å². The molecule has 0 unspecified atom stereocenters. The highest BCUT2D eigenvalue weighted by Crippen LogP contribution is 2.33. The zero-order valence-electron chi connectivity index (χ0n) is 8.67. The number of hydrogen-bond acceptors (Lipinski definition) is 2. The molecule has 0 spiro atoms. The number of aromatic nitrogens is 2. The molecular weight excluding hydrogens is 327 g/mol. The fourth-order valence-electron chi connectivity index (χ4n) is 1.48. The number of halogens is 3. The van der Waals surface area contributed by atoms with Gasteiger partial charge in [-0.1, -0.05) is 23.2 Å². The summed E-state index contributed by atoms with van der Waals surface area (Å²) in [5.74, 6) is 0.709. The lowest BCUT2D eigenvalue weighted by molar-refractivity contribution is 0.297. The van der Waals surface area contributed by atoms with E-state index in [1.54, 1.807) is 12.1 Å². The lowest BCUT2D eigenvalue weighted by Gasteiger charge is -2.01. The summed E-state index contributed by atoms with van der Waals surface area (Å²) in [5, 5.41) is 9.99. The van der Waals surface area contributed by atoms with Gasteiger partial charge >= 0.3 is 0 Å². The summed E-state index contributed by atoms with van der Waals surface area (Å²) in [7, 11) is 0. The summed E-state index contributed by atoms with van der Waals surface area (Å²) in [4.78, 5) is 7.41. The van der Waals surface area contributed by atoms with E-state index in [1.807, 2.05) is 6.07 Å². The van der Waals surface area contributed by atoms with Crippen LogP contribution >= 0.6 is 39.1 Å². The van der Waals surface area contributed by atoms with Gasteiger partial charge in [-0.15, -0.1) is 0 Å². The van der Waals surface area contributed by atoms with E-state index in [1.165, 1.54) is 0 Å². The van der Waals surface area contributed by atoms with Crippen molar-refractivity contribution in [2.75, 3.05) is 6.61 Å². The lowest BCUT2D eigenvalue weighted by Crippen LogP contribution is -1.92. The molecule has 90 valence electrons. The van der Waals surface area contributed by atoms with Gasteiger partial charge in [-0.05, 0) is 34.1 Å². The number of rotatable bonds is 3. The van der Waals surface area contributed by atoms with Crippen molar-refractivity contribution in [2.24, 2.45) is 0 Å². The number of aliphatic hydroxyl groups is 1. The Hall–Kier alpha value is -0.550. The maximum Gasteiger partial charge on any atom is 0.110 e.